The van der Waals surface area contributed by atoms with Crippen LogP contribution < -0.4 is 5.73 Å². The minimum atomic E-state index is -0.554. The van der Waals surface area contributed by atoms with Gasteiger partial charge in [0.15, 0.2) is 0 Å². The summed E-state index contributed by atoms with van der Waals surface area (Å²) < 4.78 is 0. The van der Waals surface area contributed by atoms with Crippen molar-refractivity contribution >= 4 is 11.6 Å². The van der Waals surface area contributed by atoms with Crippen molar-refractivity contribution < 1.29 is 10.0 Å². The summed E-state index contributed by atoms with van der Waals surface area (Å²) in [4.78, 5) is 19.0. The summed E-state index contributed by atoms with van der Waals surface area (Å²) in [6, 6.07) is 13.4. The number of phenolic OH excluding ortho intramolecular Hbond substituents is 1. The van der Waals surface area contributed by atoms with Crippen LogP contribution in [0.5, 0.6) is 5.75 Å². The third-order valence-corrected chi connectivity index (χ3v) is 3.84. The second kappa shape index (κ2) is 6.56. The monoisotopic (exact) mass is 336 g/mol. The first-order valence-electron chi connectivity index (χ1n) is 7.70. The molecule has 3 N–H and O–H groups in total. The molecule has 7 nitrogen and oxygen atoms in total. The highest BCUT2D eigenvalue weighted by Gasteiger charge is 2.20. The van der Waals surface area contributed by atoms with Crippen LogP contribution in [0.1, 0.15) is 12.6 Å². The topological polar surface area (TPSA) is 115 Å². The molecule has 0 saturated heterocycles. The molecule has 1 aromatic heterocycles. The number of phenols is 1. The van der Waals surface area contributed by atoms with Crippen LogP contribution >= 0.6 is 0 Å². The van der Waals surface area contributed by atoms with Crippen LogP contribution in [0.25, 0.3) is 22.4 Å². The molecule has 0 aliphatic rings. The van der Waals surface area contributed by atoms with Crippen LogP contribution in [-0.2, 0) is 6.42 Å². The van der Waals surface area contributed by atoms with E-state index in [1.54, 1.807) is 0 Å². The number of hydrogen-bond donors (Lipinski definition) is 2. The SMILES string of the molecule is CCc1nc(N)nc(-c2ccccc2)c1-c1ccc([N+](=O)[O-])cc1O. The summed E-state index contributed by atoms with van der Waals surface area (Å²) in [6.45, 7) is 1.92. The fourth-order valence-corrected chi connectivity index (χ4v) is 2.72. The Morgan fingerprint density at radius 1 is 1.16 bits per heavy atom. The molecule has 2 aromatic carbocycles. The maximum Gasteiger partial charge on any atom is 0.273 e. The number of nitrogen functional groups attached to an aromatic ring is 1. The van der Waals surface area contributed by atoms with E-state index in [0.29, 0.717) is 28.9 Å². The number of non-ortho nitro benzene ring substituents is 1. The first kappa shape index (κ1) is 16.4. The van der Waals surface area contributed by atoms with E-state index in [9.17, 15) is 15.2 Å². The zero-order chi connectivity index (χ0) is 18.0. The normalized spacial score (nSPS) is 10.6. The van der Waals surface area contributed by atoms with Crippen LogP contribution in [0.15, 0.2) is 48.5 Å². The van der Waals surface area contributed by atoms with Crippen LogP contribution in [0.4, 0.5) is 11.6 Å². The molecule has 1 heterocycles. The Morgan fingerprint density at radius 3 is 2.48 bits per heavy atom. The minimum absolute atomic E-state index is 0.140. The highest BCUT2D eigenvalue weighted by Crippen LogP contribution is 2.39. The van der Waals surface area contributed by atoms with Gasteiger partial charge < -0.3 is 10.8 Å². The van der Waals surface area contributed by atoms with E-state index >= 15 is 0 Å². The van der Waals surface area contributed by atoms with Gasteiger partial charge in [0.1, 0.15) is 5.75 Å². The van der Waals surface area contributed by atoms with E-state index in [1.165, 1.54) is 12.1 Å². The zero-order valence-corrected chi connectivity index (χ0v) is 13.5. The predicted molar refractivity (Wildman–Crippen MR) is 95.0 cm³/mol. The molecule has 126 valence electrons. The number of aromatic hydroxyl groups is 1. The maximum absolute atomic E-state index is 10.9. The molecule has 0 spiro atoms. The summed E-state index contributed by atoms with van der Waals surface area (Å²) in [5.41, 5.74) is 8.78. The number of nitro benzene ring substituents is 1. The molecule has 0 amide bonds. The summed E-state index contributed by atoms with van der Waals surface area (Å²) in [7, 11) is 0. The van der Waals surface area contributed by atoms with Crippen molar-refractivity contribution in [1.29, 1.82) is 0 Å². The van der Waals surface area contributed by atoms with Gasteiger partial charge in [-0.3, -0.25) is 10.1 Å². The molecule has 3 aromatic rings. The highest BCUT2D eigenvalue weighted by atomic mass is 16.6. The number of rotatable bonds is 4. The Hall–Kier alpha value is -3.48. The van der Waals surface area contributed by atoms with Crippen LogP contribution in [0, 0.1) is 10.1 Å². The number of hydrogen-bond acceptors (Lipinski definition) is 6. The highest BCUT2D eigenvalue weighted by molar-refractivity contribution is 5.86. The smallest absolute Gasteiger partial charge is 0.273 e. The molecule has 0 saturated carbocycles. The van der Waals surface area contributed by atoms with Crippen molar-refractivity contribution in [1.82, 2.24) is 9.97 Å². The van der Waals surface area contributed by atoms with Gasteiger partial charge >= 0.3 is 0 Å². The lowest BCUT2D eigenvalue weighted by molar-refractivity contribution is -0.384. The third-order valence-electron chi connectivity index (χ3n) is 3.84. The second-order valence-electron chi connectivity index (χ2n) is 5.43. The van der Waals surface area contributed by atoms with Crippen molar-refractivity contribution in [3.63, 3.8) is 0 Å². The molecule has 0 fully saturated rings. The van der Waals surface area contributed by atoms with Gasteiger partial charge in [-0.15, -0.1) is 0 Å². The van der Waals surface area contributed by atoms with Crippen molar-refractivity contribution in [3.8, 4) is 28.1 Å². The van der Waals surface area contributed by atoms with Gasteiger partial charge in [-0.05, 0) is 12.5 Å². The average Bonchev–Trinajstić information content (AvgIpc) is 2.62. The number of anilines is 1. The zero-order valence-electron chi connectivity index (χ0n) is 13.5. The van der Waals surface area contributed by atoms with E-state index in [2.05, 4.69) is 9.97 Å². The van der Waals surface area contributed by atoms with Gasteiger partial charge in [-0.2, -0.15) is 0 Å². The first-order chi connectivity index (χ1) is 12.0. The van der Waals surface area contributed by atoms with Crippen LogP contribution in [0.3, 0.4) is 0 Å². The van der Waals surface area contributed by atoms with Crippen molar-refractivity contribution in [2.75, 3.05) is 5.73 Å². The molecule has 0 aliphatic heterocycles. The fourth-order valence-electron chi connectivity index (χ4n) is 2.72. The molecule has 25 heavy (non-hydrogen) atoms. The van der Waals surface area contributed by atoms with E-state index < -0.39 is 4.92 Å². The molecule has 0 unspecified atom stereocenters. The Balaban J connectivity index is 2.30. The lowest BCUT2D eigenvalue weighted by atomic mass is 9.95. The standard InChI is InChI=1S/C18H16N4O3/c1-2-14-16(13-9-8-12(22(24)25)10-15(13)23)17(21-18(19)20-14)11-6-4-3-5-7-11/h3-10,23H,2H2,1H3,(H2,19,20,21). The number of nitro groups is 1. The molecule has 0 atom stereocenters. The largest absolute Gasteiger partial charge is 0.507 e. The number of nitrogens with zero attached hydrogens (tertiary/aromatic N) is 3. The van der Waals surface area contributed by atoms with Gasteiger partial charge in [0.2, 0.25) is 5.95 Å². The maximum atomic E-state index is 10.9. The first-order valence-corrected chi connectivity index (χ1v) is 7.70. The van der Waals surface area contributed by atoms with Gasteiger partial charge in [-0.1, -0.05) is 37.3 Å². The van der Waals surface area contributed by atoms with Gasteiger partial charge in [0.05, 0.1) is 22.4 Å². The van der Waals surface area contributed by atoms with Gasteiger partial charge in [0, 0.05) is 22.8 Å². The molecule has 0 radical (unpaired) electrons. The summed E-state index contributed by atoms with van der Waals surface area (Å²) >= 11 is 0. The quantitative estimate of drug-likeness (QED) is 0.556. The second-order valence-corrected chi connectivity index (χ2v) is 5.43. The molecule has 7 heteroatoms. The molecule has 3 rings (SSSR count). The number of aryl methyl sites for hydroxylation is 1. The third kappa shape index (κ3) is 3.12. The molecule has 0 bridgehead atoms. The lowest BCUT2D eigenvalue weighted by Crippen LogP contribution is -2.04. The molecular weight excluding hydrogens is 320 g/mol. The lowest BCUT2D eigenvalue weighted by Gasteiger charge is -2.15. The van der Waals surface area contributed by atoms with E-state index in [1.807, 2.05) is 37.3 Å². The van der Waals surface area contributed by atoms with Crippen LogP contribution in [-0.4, -0.2) is 20.0 Å². The van der Waals surface area contributed by atoms with Crippen LogP contribution in [0.2, 0.25) is 0 Å². The van der Waals surface area contributed by atoms with Crippen molar-refractivity contribution in [3.05, 3.63) is 64.3 Å². The molecule has 0 aliphatic carbocycles. The fraction of sp³-hybridized carbons (Fsp3) is 0.111. The van der Waals surface area contributed by atoms with Gasteiger partial charge in [-0.25, -0.2) is 9.97 Å². The number of benzene rings is 2. The van der Waals surface area contributed by atoms with Gasteiger partial charge in [0.25, 0.3) is 5.69 Å². The van der Waals surface area contributed by atoms with E-state index in [0.717, 1.165) is 11.6 Å². The average molecular weight is 336 g/mol. The van der Waals surface area contributed by atoms with E-state index in [4.69, 9.17) is 5.73 Å². The van der Waals surface area contributed by atoms with Crippen molar-refractivity contribution in [2.24, 2.45) is 0 Å². The Kier molecular flexibility index (Phi) is 4.30. The summed E-state index contributed by atoms with van der Waals surface area (Å²) in [5.74, 6) is -0.0599. The summed E-state index contributed by atoms with van der Waals surface area (Å²) in [5, 5.41) is 21.3. The molecular formula is C18H16N4O3. The number of aromatic nitrogens is 2. The number of nitrogens with two attached hydrogens (primary N) is 1. The van der Waals surface area contributed by atoms with Crippen molar-refractivity contribution in [2.45, 2.75) is 13.3 Å². The predicted octanol–water partition coefficient (Wildman–Crippen LogP) is 3.57. The van der Waals surface area contributed by atoms with E-state index in [-0.39, 0.29) is 17.4 Å². The minimum Gasteiger partial charge on any atom is -0.507 e. The Labute approximate surface area is 144 Å². The Morgan fingerprint density at radius 2 is 1.88 bits per heavy atom. The Bertz CT molecular complexity index is 943. The summed E-state index contributed by atoms with van der Waals surface area (Å²) in [6.07, 6.45) is 0.568.